The summed E-state index contributed by atoms with van der Waals surface area (Å²) in [6, 6.07) is 6.04. The van der Waals surface area contributed by atoms with Crippen LogP contribution in [0.4, 0.5) is 5.82 Å². The number of aliphatic hydroxyl groups is 1. The first-order valence-corrected chi connectivity index (χ1v) is 5.00. The number of fused-ring (bicyclic) bond motifs is 1. The third-order valence-electron chi connectivity index (χ3n) is 2.69. The zero-order chi connectivity index (χ0) is 10.8. The highest BCUT2D eigenvalue weighted by molar-refractivity contribution is 5.51. The van der Waals surface area contributed by atoms with Gasteiger partial charge in [0.1, 0.15) is 11.5 Å². The molecule has 80 valence electrons. The monoisotopic (exact) mass is 205 g/mol. The van der Waals surface area contributed by atoms with E-state index in [-0.39, 0.29) is 12.6 Å². The van der Waals surface area contributed by atoms with Crippen LogP contribution in [0.5, 0.6) is 0 Å². The third kappa shape index (κ3) is 1.68. The van der Waals surface area contributed by atoms with Gasteiger partial charge >= 0.3 is 0 Å². The van der Waals surface area contributed by atoms with E-state index in [0.717, 1.165) is 11.5 Å². The molecule has 0 aliphatic rings. The maximum absolute atomic E-state index is 9.12. The minimum absolute atomic E-state index is 0.0954. The van der Waals surface area contributed by atoms with Crippen LogP contribution in [0.15, 0.2) is 30.6 Å². The Morgan fingerprint density at radius 1 is 1.53 bits per heavy atom. The molecule has 0 saturated carbocycles. The number of pyridine rings is 1. The van der Waals surface area contributed by atoms with Crippen molar-refractivity contribution in [2.75, 3.05) is 18.6 Å². The predicted octanol–water partition coefficient (Wildman–Crippen LogP) is 1.15. The van der Waals surface area contributed by atoms with Gasteiger partial charge in [-0.15, -0.1) is 0 Å². The molecule has 2 aromatic heterocycles. The van der Waals surface area contributed by atoms with Gasteiger partial charge in [0.15, 0.2) is 0 Å². The maximum atomic E-state index is 9.12. The van der Waals surface area contributed by atoms with E-state index < -0.39 is 0 Å². The fourth-order valence-corrected chi connectivity index (χ4v) is 1.57. The van der Waals surface area contributed by atoms with E-state index in [2.05, 4.69) is 4.98 Å². The van der Waals surface area contributed by atoms with Crippen LogP contribution in [-0.4, -0.2) is 34.2 Å². The molecule has 0 aliphatic heterocycles. The first-order chi connectivity index (χ1) is 7.24. The minimum atomic E-state index is 0.0954. The molecule has 0 aliphatic carbocycles. The standard InChI is InChI=1S/C11H15N3O/c1-9(8-15)13(2)11-5-3-4-10-12-6-7-14(10)11/h3-7,9,15H,8H2,1-2H3. The predicted molar refractivity (Wildman–Crippen MR) is 60.1 cm³/mol. The highest BCUT2D eigenvalue weighted by atomic mass is 16.3. The van der Waals surface area contributed by atoms with Gasteiger partial charge in [0, 0.05) is 19.4 Å². The second-order valence-corrected chi connectivity index (χ2v) is 3.68. The Kier molecular flexibility index (Phi) is 2.60. The van der Waals surface area contributed by atoms with Gasteiger partial charge in [-0.3, -0.25) is 4.40 Å². The molecule has 0 fully saturated rings. The Bertz CT molecular complexity index is 452. The molecule has 2 aromatic rings. The van der Waals surface area contributed by atoms with E-state index >= 15 is 0 Å². The maximum Gasteiger partial charge on any atom is 0.138 e. The quantitative estimate of drug-likeness (QED) is 0.817. The van der Waals surface area contributed by atoms with E-state index in [1.54, 1.807) is 6.20 Å². The molecule has 0 bridgehead atoms. The summed E-state index contributed by atoms with van der Waals surface area (Å²) in [5.74, 6) is 1.03. The first-order valence-electron chi connectivity index (χ1n) is 5.00. The fourth-order valence-electron chi connectivity index (χ4n) is 1.57. The Morgan fingerprint density at radius 3 is 3.07 bits per heavy atom. The second-order valence-electron chi connectivity index (χ2n) is 3.68. The van der Waals surface area contributed by atoms with Crippen LogP contribution in [-0.2, 0) is 0 Å². The van der Waals surface area contributed by atoms with Gasteiger partial charge in [-0.05, 0) is 19.1 Å². The molecule has 1 N–H and O–H groups in total. The second kappa shape index (κ2) is 3.90. The zero-order valence-corrected chi connectivity index (χ0v) is 8.96. The summed E-state index contributed by atoms with van der Waals surface area (Å²) < 4.78 is 2.01. The van der Waals surface area contributed by atoms with E-state index in [1.165, 1.54) is 0 Å². The molecule has 0 radical (unpaired) electrons. The lowest BCUT2D eigenvalue weighted by Gasteiger charge is -2.25. The molecule has 2 heterocycles. The number of rotatable bonds is 3. The van der Waals surface area contributed by atoms with Crippen LogP contribution < -0.4 is 4.90 Å². The minimum Gasteiger partial charge on any atom is -0.394 e. The van der Waals surface area contributed by atoms with Crippen LogP contribution in [0, 0.1) is 0 Å². The van der Waals surface area contributed by atoms with E-state index in [4.69, 9.17) is 5.11 Å². The average Bonchev–Trinajstić information content (AvgIpc) is 2.74. The van der Waals surface area contributed by atoms with Gasteiger partial charge in [-0.2, -0.15) is 0 Å². The van der Waals surface area contributed by atoms with Crippen molar-refractivity contribution in [2.45, 2.75) is 13.0 Å². The van der Waals surface area contributed by atoms with Gasteiger partial charge in [-0.25, -0.2) is 4.98 Å². The highest BCUT2D eigenvalue weighted by Gasteiger charge is 2.11. The summed E-state index contributed by atoms with van der Waals surface area (Å²) in [6.45, 7) is 2.12. The molecule has 4 nitrogen and oxygen atoms in total. The SMILES string of the molecule is CC(CO)N(C)c1cccc2nccn12. The van der Waals surface area contributed by atoms with Crippen molar-refractivity contribution in [3.63, 3.8) is 0 Å². The molecule has 2 rings (SSSR count). The molecular weight excluding hydrogens is 190 g/mol. The summed E-state index contributed by atoms with van der Waals surface area (Å²) in [4.78, 5) is 6.26. The zero-order valence-electron chi connectivity index (χ0n) is 8.96. The number of aliphatic hydroxyl groups excluding tert-OH is 1. The van der Waals surface area contributed by atoms with Crippen LogP contribution in [0.25, 0.3) is 5.65 Å². The topological polar surface area (TPSA) is 40.8 Å². The largest absolute Gasteiger partial charge is 0.394 e. The summed E-state index contributed by atoms with van der Waals surface area (Å²) in [5, 5.41) is 9.12. The number of likely N-dealkylation sites (N-methyl/N-ethyl adjacent to an activating group) is 1. The fraction of sp³-hybridized carbons (Fsp3) is 0.364. The van der Waals surface area contributed by atoms with Crippen LogP contribution >= 0.6 is 0 Å². The lowest BCUT2D eigenvalue weighted by atomic mass is 10.3. The van der Waals surface area contributed by atoms with Crippen molar-refractivity contribution >= 4 is 11.5 Å². The van der Waals surface area contributed by atoms with Crippen molar-refractivity contribution in [1.29, 1.82) is 0 Å². The molecule has 0 aromatic carbocycles. The highest BCUT2D eigenvalue weighted by Crippen LogP contribution is 2.16. The number of aromatic nitrogens is 2. The van der Waals surface area contributed by atoms with Gasteiger partial charge in [0.25, 0.3) is 0 Å². The van der Waals surface area contributed by atoms with Gasteiger partial charge in [0.2, 0.25) is 0 Å². The lowest BCUT2D eigenvalue weighted by molar-refractivity contribution is 0.269. The van der Waals surface area contributed by atoms with Crippen LogP contribution in [0.3, 0.4) is 0 Å². The number of nitrogens with zero attached hydrogens (tertiary/aromatic N) is 3. The van der Waals surface area contributed by atoms with Crippen molar-refractivity contribution in [3.8, 4) is 0 Å². The summed E-state index contributed by atoms with van der Waals surface area (Å²) in [5.41, 5.74) is 0.921. The Hall–Kier alpha value is -1.55. The van der Waals surface area contributed by atoms with E-state index in [1.807, 2.05) is 47.7 Å². The van der Waals surface area contributed by atoms with Crippen molar-refractivity contribution < 1.29 is 5.11 Å². The number of imidazole rings is 1. The van der Waals surface area contributed by atoms with Crippen LogP contribution in [0.2, 0.25) is 0 Å². The molecule has 0 amide bonds. The average molecular weight is 205 g/mol. The summed E-state index contributed by atoms with van der Waals surface area (Å²) in [6.07, 6.45) is 3.70. The number of hydrogen-bond donors (Lipinski definition) is 1. The van der Waals surface area contributed by atoms with E-state index in [9.17, 15) is 0 Å². The van der Waals surface area contributed by atoms with Gasteiger partial charge in [-0.1, -0.05) is 6.07 Å². The summed E-state index contributed by atoms with van der Waals surface area (Å²) in [7, 11) is 1.97. The molecule has 1 unspecified atom stereocenters. The molecule has 1 atom stereocenters. The molecular formula is C11H15N3O. The lowest BCUT2D eigenvalue weighted by Crippen LogP contribution is -2.33. The molecule has 4 heteroatoms. The normalized spacial score (nSPS) is 13.0. The number of hydrogen-bond acceptors (Lipinski definition) is 3. The molecule has 0 saturated heterocycles. The Labute approximate surface area is 88.8 Å². The first kappa shape index (κ1) is 9.98. The van der Waals surface area contributed by atoms with Crippen molar-refractivity contribution in [1.82, 2.24) is 9.38 Å². The smallest absolute Gasteiger partial charge is 0.138 e. The van der Waals surface area contributed by atoms with Crippen LogP contribution in [0.1, 0.15) is 6.92 Å². The van der Waals surface area contributed by atoms with Gasteiger partial charge in [0.05, 0.1) is 12.6 Å². The van der Waals surface area contributed by atoms with Gasteiger partial charge < -0.3 is 10.0 Å². The number of anilines is 1. The Balaban J connectivity index is 2.46. The molecule has 0 spiro atoms. The third-order valence-corrected chi connectivity index (χ3v) is 2.69. The van der Waals surface area contributed by atoms with E-state index in [0.29, 0.717) is 0 Å². The molecule has 15 heavy (non-hydrogen) atoms. The van der Waals surface area contributed by atoms with Crippen molar-refractivity contribution in [3.05, 3.63) is 30.6 Å². The summed E-state index contributed by atoms with van der Waals surface area (Å²) >= 11 is 0. The van der Waals surface area contributed by atoms with Crippen molar-refractivity contribution in [2.24, 2.45) is 0 Å². The Morgan fingerprint density at radius 2 is 2.33 bits per heavy atom.